The Hall–Kier alpha value is -3.11. The number of piperidine rings is 1. The minimum Gasteiger partial charge on any atom is -0.395 e. The van der Waals surface area contributed by atoms with Gasteiger partial charge in [0.05, 0.1) is 39.1 Å². The lowest BCUT2D eigenvalue weighted by Crippen LogP contribution is -2.54. The van der Waals surface area contributed by atoms with E-state index in [0.717, 1.165) is 45.3 Å². The first kappa shape index (κ1) is 32.3. The van der Waals surface area contributed by atoms with Crippen molar-refractivity contribution in [2.24, 2.45) is 0 Å². The average Bonchev–Trinajstić information content (AvgIpc) is 3.53. The molecule has 0 aromatic carbocycles. The molecule has 2 N–H and O–H groups in total. The molecule has 3 aliphatic heterocycles. The van der Waals surface area contributed by atoms with Crippen LogP contribution in [0.2, 0.25) is 0 Å². The second kappa shape index (κ2) is 15.3. The van der Waals surface area contributed by atoms with Gasteiger partial charge in [0.15, 0.2) is 11.6 Å². The number of carbonyl (C=O) groups is 1. The number of hydrogen-bond donors (Lipinski definition) is 2. The van der Waals surface area contributed by atoms with E-state index in [1.165, 1.54) is 0 Å². The minimum absolute atomic E-state index is 0.0843. The first-order chi connectivity index (χ1) is 21.5. The molecule has 0 spiro atoms. The normalized spacial score (nSPS) is 19.2. The largest absolute Gasteiger partial charge is 0.395 e. The molecule has 2 aromatic heterocycles. The summed E-state index contributed by atoms with van der Waals surface area (Å²) < 4.78 is 16.4. The Morgan fingerprint density at radius 2 is 1.34 bits per heavy atom. The van der Waals surface area contributed by atoms with Crippen LogP contribution in [0, 0.1) is 0 Å². The molecule has 5 heterocycles. The number of amides is 1. The zero-order chi connectivity index (χ0) is 31.1. The van der Waals surface area contributed by atoms with Crippen LogP contribution in [0.15, 0.2) is 0 Å². The van der Waals surface area contributed by atoms with Crippen molar-refractivity contribution in [1.29, 1.82) is 0 Å². The SMILES string of the molecule is COCCN(CCOC)c1nc(N2CC(=O)N3CCCC3C2)c2nc(N(CCO)CCO)nc(N3CCC(OC)CC3)c2n1. The first-order valence-corrected chi connectivity index (χ1v) is 15.6. The molecule has 1 amide bonds. The predicted molar refractivity (Wildman–Crippen MR) is 167 cm³/mol. The predicted octanol–water partition coefficient (Wildman–Crippen LogP) is -0.264. The third kappa shape index (κ3) is 7.07. The van der Waals surface area contributed by atoms with E-state index in [1.54, 1.807) is 26.2 Å². The van der Waals surface area contributed by atoms with Gasteiger partial charge in [-0.1, -0.05) is 0 Å². The van der Waals surface area contributed by atoms with E-state index in [4.69, 9.17) is 34.1 Å². The van der Waals surface area contributed by atoms with Crippen LogP contribution in [-0.4, -0.2) is 160 Å². The van der Waals surface area contributed by atoms with Gasteiger partial charge in [0.25, 0.3) is 0 Å². The van der Waals surface area contributed by atoms with E-state index in [1.807, 2.05) is 14.7 Å². The highest BCUT2D eigenvalue weighted by atomic mass is 16.5. The van der Waals surface area contributed by atoms with E-state index >= 15 is 0 Å². The van der Waals surface area contributed by atoms with E-state index < -0.39 is 0 Å². The Morgan fingerprint density at radius 1 is 0.773 bits per heavy atom. The molecule has 3 aliphatic rings. The number of ether oxygens (including phenoxy) is 3. The van der Waals surface area contributed by atoms with Gasteiger partial charge >= 0.3 is 0 Å². The molecule has 3 fully saturated rings. The molecule has 5 rings (SSSR count). The second-order valence-corrected chi connectivity index (χ2v) is 11.5. The number of anilines is 4. The smallest absolute Gasteiger partial charge is 0.242 e. The fraction of sp³-hybridized carbons (Fsp3) is 0.759. The molecular formula is C29H47N9O6. The summed E-state index contributed by atoms with van der Waals surface area (Å²) in [6.45, 7) is 5.40. The van der Waals surface area contributed by atoms with Crippen LogP contribution < -0.4 is 19.6 Å². The molecule has 15 heteroatoms. The number of hydrogen-bond acceptors (Lipinski definition) is 14. The van der Waals surface area contributed by atoms with E-state index in [0.29, 0.717) is 67.4 Å². The molecule has 244 valence electrons. The minimum atomic E-state index is -0.121. The molecule has 2 aromatic rings. The maximum Gasteiger partial charge on any atom is 0.242 e. The number of nitrogens with zero attached hydrogens (tertiary/aromatic N) is 9. The monoisotopic (exact) mass is 617 g/mol. The Kier molecular flexibility index (Phi) is 11.2. The number of rotatable bonds is 15. The number of carbonyl (C=O) groups excluding carboxylic acids is 1. The summed E-state index contributed by atoms with van der Waals surface area (Å²) >= 11 is 0. The quantitative estimate of drug-likeness (QED) is 0.270. The molecule has 1 unspecified atom stereocenters. The summed E-state index contributed by atoms with van der Waals surface area (Å²) in [5, 5.41) is 19.6. The first-order valence-electron chi connectivity index (χ1n) is 15.6. The van der Waals surface area contributed by atoms with Crippen molar-refractivity contribution in [2.45, 2.75) is 37.8 Å². The van der Waals surface area contributed by atoms with Crippen molar-refractivity contribution in [3.05, 3.63) is 0 Å². The van der Waals surface area contributed by atoms with Gasteiger partial charge in [-0.25, -0.2) is 9.97 Å². The summed E-state index contributed by atoms with van der Waals surface area (Å²) in [6, 6.07) is 0.122. The molecule has 3 saturated heterocycles. The summed E-state index contributed by atoms with van der Waals surface area (Å²) in [5.41, 5.74) is 1.14. The number of methoxy groups -OCH3 is 3. The van der Waals surface area contributed by atoms with Gasteiger partial charge in [0, 0.05) is 79.7 Å². The summed E-state index contributed by atoms with van der Waals surface area (Å²) in [4.78, 5) is 43.5. The van der Waals surface area contributed by atoms with Gasteiger partial charge in [-0.3, -0.25) is 4.79 Å². The van der Waals surface area contributed by atoms with E-state index in [-0.39, 0.29) is 50.9 Å². The van der Waals surface area contributed by atoms with Crippen molar-refractivity contribution >= 4 is 40.5 Å². The Balaban J connectivity index is 1.69. The molecule has 44 heavy (non-hydrogen) atoms. The zero-order valence-electron chi connectivity index (χ0n) is 26.2. The van der Waals surface area contributed by atoms with E-state index in [2.05, 4.69) is 4.90 Å². The fourth-order valence-electron chi connectivity index (χ4n) is 6.35. The highest BCUT2D eigenvalue weighted by molar-refractivity contribution is 5.96. The summed E-state index contributed by atoms with van der Waals surface area (Å²) in [5.74, 6) is 2.20. The molecule has 15 nitrogen and oxygen atoms in total. The van der Waals surface area contributed by atoms with E-state index in [9.17, 15) is 15.0 Å². The molecule has 0 radical (unpaired) electrons. The number of aliphatic hydroxyl groups excluding tert-OH is 2. The summed E-state index contributed by atoms with van der Waals surface area (Å²) in [7, 11) is 5.07. The van der Waals surface area contributed by atoms with Crippen LogP contribution in [0.5, 0.6) is 0 Å². The second-order valence-electron chi connectivity index (χ2n) is 11.5. The lowest BCUT2D eigenvalue weighted by molar-refractivity contribution is -0.131. The van der Waals surface area contributed by atoms with Gasteiger partial charge in [-0.2, -0.15) is 9.97 Å². The number of piperazine rings is 1. The lowest BCUT2D eigenvalue weighted by Gasteiger charge is -2.38. The van der Waals surface area contributed by atoms with Crippen LogP contribution in [0.1, 0.15) is 25.7 Å². The van der Waals surface area contributed by atoms with Crippen molar-refractivity contribution in [3.63, 3.8) is 0 Å². The number of aromatic nitrogens is 4. The van der Waals surface area contributed by atoms with Gasteiger partial charge < -0.3 is 48.9 Å². The molecular weight excluding hydrogens is 570 g/mol. The lowest BCUT2D eigenvalue weighted by atomic mass is 10.1. The molecule has 0 bridgehead atoms. The highest BCUT2D eigenvalue weighted by Crippen LogP contribution is 2.36. The van der Waals surface area contributed by atoms with Crippen LogP contribution >= 0.6 is 0 Å². The van der Waals surface area contributed by atoms with Crippen molar-refractivity contribution in [1.82, 2.24) is 24.8 Å². The van der Waals surface area contributed by atoms with Crippen LogP contribution in [0.4, 0.5) is 23.5 Å². The van der Waals surface area contributed by atoms with Gasteiger partial charge in [-0.15, -0.1) is 0 Å². The zero-order valence-corrected chi connectivity index (χ0v) is 26.2. The third-order valence-corrected chi connectivity index (χ3v) is 8.75. The molecule has 1 atom stereocenters. The Labute approximate surface area is 258 Å². The molecule has 0 saturated carbocycles. The van der Waals surface area contributed by atoms with Gasteiger partial charge in [-0.05, 0) is 25.7 Å². The van der Waals surface area contributed by atoms with Gasteiger partial charge in [0.1, 0.15) is 11.0 Å². The number of fused-ring (bicyclic) bond motifs is 2. The molecule has 0 aliphatic carbocycles. The maximum atomic E-state index is 13.3. The van der Waals surface area contributed by atoms with Crippen LogP contribution in [-0.2, 0) is 19.0 Å². The van der Waals surface area contributed by atoms with Crippen molar-refractivity contribution < 1.29 is 29.2 Å². The van der Waals surface area contributed by atoms with Gasteiger partial charge in [0.2, 0.25) is 17.8 Å². The third-order valence-electron chi connectivity index (χ3n) is 8.75. The maximum absolute atomic E-state index is 13.3. The Morgan fingerprint density at radius 3 is 1.89 bits per heavy atom. The number of aliphatic hydroxyl groups is 2. The van der Waals surface area contributed by atoms with Crippen LogP contribution in [0.3, 0.4) is 0 Å². The highest BCUT2D eigenvalue weighted by Gasteiger charge is 2.38. The van der Waals surface area contributed by atoms with Crippen LogP contribution in [0.25, 0.3) is 11.0 Å². The van der Waals surface area contributed by atoms with Crippen molar-refractivity contribution in [3.8, 4) is 0 Å². The standard InChI is InChI=1S/C29H47N9O6/c1-42-17-13-36(14-18-43-2)29-30-24-25(27(33-29)37-19-21-5-4-8-38(21)23(41)20-37)31-28(35(11-15-39)12-16-40)32-26(24)34-9-6-22(44-3)7-10-34/h21-22,39-40H,4-20H2,1-3H3. The summed E-state index contributed by atoms with van der Waals surface area (Å²) in [6.07, 6.45) is 3.79. The fourth-order valence-corrected chi connectivity index (χ4v) is 6.35. The van der Waals surface area contributed by atoms with Crippen molar-refractivity contribution in [2.75, 3.05) is 126 Å². The topological polar surface area (TPSA) is 153 Å². The Bertz CT molecular complexity index is 1230. The average molecular weight is 618 g/mol.